The van der Waals surface area contributed by atoms with E-state index in [4.69, 9.17) is 16.6 Å². The molecule has 0 saturated heterocycles. The summed E-state index contributed by atoms with van der Waals surface area (Å²) < 4.78 is 1.59. The van der Waals surface area contributed by atoms with Gasteiger partial charge in [0.25, 0.3) is 0 Å². The van der Waals surface area contributed by atoms with Crippen LogP contribution >= 0.6 is 11.6 Å². The summed E-state index contributed by atoms with van der Waals surface area (Å²) in [4.78, 5) is 29.7. The molecule has 8 heteroatoms. The van der Waals surface area contributed by atoms with Gasteiger partial charge in [-0.3, -0.25) is 14.8 Å². The van der Waals surface area contributed by atoms with Crippen molar-refractivity contribution in [1.29, 1.82) is 0 Å². The molecule has 0 unspecified atom stereocenters. The van der Waals surface area contributed by atoms with Crippen LogP contribution in [0.2, 0.25) is 5.02 Å². The van der Waals surface area contributed by atoms with Crippen molar-refractivity contribution in [3.63, 3.8) is 0 Å². The van der Waals surface area contributed by atoms with Gasteiger partial charge in [-0.1, -0.05) is 32.4 Å². The summed E-state index contributed by atoms with van der Waals surface area (Å²) in [6.45, 7) is 8.12. The van der Waals surface area contributed by atoms with Crippen molar-refractivity contribution in [2.24, 2.45) is 7.05 Å². The second-order valence-corrected chi connectivity index (χ2v) is 8.45. The van der Waals surface area contributed by atoms with Crippen LogP contribution in [-0.4, -0.2) is 29.7 Å². The van der Waals surface area contributed by atoms with Crippen molar-refractivity contribution in [1.82, 2.24) is 29.7 Å². The van der Waals surface area contributed by atoms with Gasteiger partial charge in [-0.25, -0.2) is 9.67 Å². The first-order chi connectivity index (χ1) is 13.7. The highest BCUT2D eigenvalue weighted by Gasteiger charge is 2.22. The number of nitrogens with one attached hydrogen (secondary N) is 1. The molecular formula is C21H21ClN6O. The molecule has 0 aliphatic carbocycles. The van der Waals surface area contributed by atoms with Crippen molar-refractivity contribution in [3.05, 3.63) is 57.4 Å². The molecule has 4 heterocycles. The molecule has 1 N–H and O–H groups in total. The number of rotatable bonds is 2. The van der Waals surface area contributed by atoms with E-state index in [1.165, 1.54) is 6.33 Å². The van der Waals surface area contributed by atoms with E-state index < -0.39 is 0 Å². The minimum atomic E-state index is -0.173. The normalized spacial score (nSPS) is 11.9. The predicted octanol–water partition coefficient (Wildman–Crippen LogP) is 4.04. The van der Waals surface area contributed by atoms with Gasteiger partial charge in [-0.2, -0.15) is 5.10 Å². The number of aromatic nitrogens is 6. The molecule has 0 radical (unpaired) electrons. The fraction of sp³-hybridized carbons (Fsp3) is 0.286. The van der Waals surface area contributed by atoms with Gasteiger partial charge in [-0.05, 0) is 19.1 Å². The number of pyridine rings is 3. The molecule has 0 saturated carbocycles. The Bertz CT molecular complexity index is 1300. The van der Waals surface area contributed by atoms with E-state index in [0.29, 0.717) is 33.1 Å². The number of fused-ring (bicyclic) bond motifs is 1. The van der Waals surface area contributed by atoms with Crippen LogP contribution < -0.4 is 5.43 Å². The third-order valence-electron chi connectivity index (χ3n) is 4.83. The van der Waals surface area contributed by atoms with E-state index in [1.807, 2.05) is 13.0 Å². The van der Waals surface area contributed by atoms with Gasteiger partial charge in [0.2, 0.25) is 0 Å². The molecule has 4 aromatic heterocycles. The summed E-state index contributed by atoms with van der Waals surface area (Å²) in [6, 6.07) is 5.20. The van der Waals surface area contributed by atoms with Crippen LogP contribution in [0.1, 0.15) is 32.2 Å². The number of halogens is 1. The fourth-order valence-corrected chi connectivity index (χ4v) is 3.84. The Hall–Kier alpha value is -3.06. The molecular weight excluding hydrogens is 388 g/mol. The van der Waals surface area contributed by atoms with Crippen LogP contribution in [0.5, 0.6) is 0 Å². The Morgan fingerprint density at radius 2 is 1.93 bits per heavy atom. The van der Waals surface area contributed by atoms with E-state index in [2.05, 4.69) is 40.8 Å². The second kappa shape index (κ2) is 6.77. The molecule has 0 bridgehead atoms. The molecule has 7 nitrogen and oxygen atoms in total. The molecule has 0 aliphatic heterocycles. The van der Waals surface area contributed by atoms with Crippen molar-refractivity contribution in [2.45, 2.75) is 33.1 Å². The van der Waals surface area contributed by atoms with Crippen LogP contribution in [0.15, 0.2) is 35.5 Å². The van der Waals surface area contributed by atoms with Crippen LogP contribution in [0, 0.1) is 6.92 Å². The molecule has 0 spiro atoms. The lowest BCUT2D eigenvalue weighted by Crippen LogP contribution is -2.15. The highest BCUT2D eigenvalue weighted by atomic mass is 35.5. The van der Waals surface area contributed by atoms with E-state index in [9.17, 15) is 4.79 Å². The van der Waals surface area contributed by atoms with Gasteiger partial charge in [0.05, 0.1) is 27.3 Å². The Balaban J connectivity index is 1.93. The maximum absolute atomic E-state index is 13.1. The third-order valence-corrected chi connectivity index (χ3v) is 5.12. The molecule has 0 aromatic carbocycles. The molecule has 0 aliphatic rings. The van der Waals surface area contributed by atoms with Crippen molar-refractivity contribution in [2.75, 3.05) is 0 Å². The number of nitrogens with zero attached hydrogens (tertiary/aromatic N) is 5. The lowest BCUT2D eigenvalue weighted by Gasteiger charge is -2.21. The Kier molecular flexibility index (Phi) is 4.50. The molecule has 0 fully saturated rings. The first-order valence-electron chi connectivity index (χ1n) is 9.21. The third kappa shape index (κ3) is 3.31. The average Bonchev–Trinajstić information content (AvgIpc) is 3.07. The Morgan fingerprint density at radius 3 is 2.59 bits per heavy atom. The van der Waals surface area contributed by atoms with Gasteiger partial charge in [0.15, 0.2) is 11.3 Å². The highest BCUT2D eigenvalue weighted by molar-refractivity contribution is 6.31. The zero-order chi connectivity index (χ0) is 20.9. The second-order valence-electron chi connectivity index (χ2n) is 8.04. The molecule has 0 atom stereocenters. The van der Waals surface area contributed by atoms with Gasteiger partial charge >= 0.3 is 0 Å². The largest absolute Gasteiger partial charge is 0.354 e. The average molecular weight is 409 g/mol. The van der Waals surface area contributed by atoms with Crippen molar-refractivity contribution in [3.8, 4) is 22.8 Å². The van der Waals surface area contributed by atoms with Gasteiger partial charge in [0.1, 0.15) is 12.0 Å². The summed E-state index contributed by atoms with van der Waals surface area (Å²) >= 11 is 6.52. The summed E-state index contributed by atoms with van der Waals surface area (Å²) in [5.74, 6) is 0.532. The summed E-state index contributed by atoms with van der Waals surface area (Å²) in [5, 5.41) is 5.12. The molecule has 4 aromatic rings. The van der Waals surface area contributed by atoms with E-state index in [1.54, 1.807) is 30.1 Å². The van der Waals surface area contributed by atoms with Gasteiger partial charge in [-0.15, -0.1) is 0 Å². The Labute approximate surface area is 172 Å². The standard InChI is InChI=1S/C21H21ClN6O/c1-11-12(8-13(22)19(26-11)21(2,3)4)15-9-16(29)17-14(27-15)6-7-23-18(17)20-24-10-25-28(20)5/h6-10H,1-5H3,(H,27,29). The highest BCUT2D eigenvalue weighted by Crippen LogP contribution is 2.33. The predicted molar refractivity (Wildman–Crippen MR) is 114 cm³/mol. The summed E-state index contributed by atoms with van der Waals surface area (Å²) in [7, 11) is 1.76. The molecule has 0 amide bonds. The number of aryl methyl sites for hydroxylation is 2. The quantitative estimate of drug-likeness (QED) is 0.540. The first-order valence-corrected chi connectivity index (χ1v) is 9.59. The van der Waals surface area contributed by atoms with E-state index in [0.717, 1.165) is 17.0 Å². The Morgan fingerprint density at radius 1 is 1.17 bits per heavy atom. The van der Waals surface area contributed by atoms with Crippen molar-refractivity contribution >= 4 is 22.5 Å². The SMILES string of the molecule is Cc1nc(C(C)(C)C)c(Cl)cc1-c1cc(=O)c2c(-c3ncnn3C)nccc2[nH]1. The monoisotopic (exact) mass is 408 g/mol. The maximum Gasteiger partial charge on any atom is 0.192 e. The first kappa shape index (κ1) is 19.3. The lowest BCUT2D eigenvalue weighted by molar-refractivity contribution is 0.567. The number of hydrogen-bond donors (Lipinski definition) is 1. The van der Waals surface area contributed by atoms with E-state index >= 15 is 0 Å². The zero-order valence-electron chi connectivity index (χ0n) is 16.9. The minimum Gasteiger partial charge on any atom is -0.354 e. The topological polar surface area (TPSA) is 89.3 Å². The molecule has 4 rings (SSSR count). The fourth-order valence-electron chi connectivity index (χ4n) is 3.40. The molecule has 29 heavy (non-hydrogen) atoms. The number of H-pyrrole nitrogens is 1. The number of hydrogen-bond acceptors (Lipinski definition) is 5. The zero-order valence-corrected chi connectivity index (χ0v) is 17.7. The maximum atomic E-state index is 13.1. The lowest BCUT2D eigenvalue weighted by atomic mass is 9.90. The van der Waals surface area contributed by atoms with Crippen LogP contribution in [0.25, 0.3) is 33.7 Å². The van der Waals surface area contributed by atoms with Gasteiger partial charge < -0.3 is 4.98 Å². The smallest absolute Gasteiger partial charge is 0.192 e. The van der Waals surface area contributed by atoms with Gasteiger partial charge in [0, 0.05) is 36.0 Å². The summed E-state index contributed by atoms with van der Waals surface area (Å²) in [6.07, 6.45) is 3.08. The van der Waals surface area contributed by atoms with Crippen molar-refractivity contribution < 1.29 is 0 Å². The van der Waals surface area contributed by atoms with Crippen LogP contribution in [0.4, 0.5) is 0 Å². The molecule has 148 valence electrons. The summed E-state index contributed by atoms with van der Waals surface area (Å²) in [5.41, 5.74) is 3.91. The number of aromatic amines is 1. The minimum absolute atomic E-state index is 0.157. The van der Waals surface area contributed by atoms with Crippen LogP contribution in [-0.2, 0) is 12.5 Å². The van der Waals surface area contributed by atoms with E-state index in [-0.39, 0.29) is 10.8 Å². The van der Waals surface area contributed by atoms with Crippen LogP contribution in [0.3, 0.4) is 0 Å².